The standard InChI is InChI=1S/C10H25N5O/c1-14(2)7-5-8-15(3)10(13-11)12-6-9-16-4/h5-9,11H2,1-4H3,(H,12,13). The molecule has 0 fully saturated rings. The average Bonchev–Trinajstić information content (AvgIpc) is 2.23. The maximum Gasteiger partial charge on any atom is 0.208 e. The lowest BCUT2D eigenvalue weighted by molar-refractivity contribution is 0.207. The van der Waals surface area contributed by atoms with Gasteiger partial charge < -0.3 is 14.5 Å². The van der Waals surface area contributed by atoms with Crippen LogP contribution < -0.4 is 11.3 Å². The van der Waals surface area contributed by atoms with E-state index in [9.17, 15) is 0 Å². The van der Waals surface area contributed by atoms with Gasteiger partial charge in [-0.2, -0.15) is 0 Å². The summed E-state index contributed by atoms with van der Waals surface area (Å²) < 4.78 is 4.93. The molecule has 0 aromatic carbocycles. The third kappa shape index (κ3) is 7.44. The summed E-state index contributed by atoms with van der Waals surface area (Å²) in [5, 5.41) is 0. The lowest BCUT2D eigenvalue weighted by Gasteiger charge is -2.21. The Hall–Kier alpha value is -0.850. The highest BCUT2D eigenvalue weighted by Crippen LogP contribution is 1.90. The van der Waals surface area contributed by atoms with Crippen LogP contribution in [0.5, 0.6) is 0 Å². The van der Waals surface area contributed by atoms with Crippen molar-refractivity contribution in [2.45, 2.75) is 6.42 Å². The minimum atomic E-state index is 0.608. The number of aliphatic imine (C=N–C) groups is 1. The van der Waals surface area contributed by atoms with Crippen molar-refractivity contribution >= 4 is 5.96 Å². The molecular formula is C10H25N5O. The Balaban J connectivity index is 3.90. The highest BCUT2D eigenvalue weighted by Gasteiger charge is 2.03. The summed E-state index contributed by atoms with van der Waals surface area (Å²) in [4.78, 5) is 8.47. The summed E-state index contributed by atoms with van der Waals surface area (Å²) in [7, 11) is 7.76. The number of hydrogen-bond donors (Lipinski definition) is 2. The van der Waals surface area contributed by atoms with Gasteiger partial charge >= 0.3 is 0 Å². The highest BCUT2D eigenvalue weighted by atomic mass is 16.5. The third-order valence-corrected chi connectivity index (χ3v) is 2.15. The van der Waals surface area contributed by atoms with Crippen molar-refractivity contribution in [3.63, 3.8) is 0 Å². The van der Waals surface area contributed by atoms with Crippen LogP contribution in [0.4, 0.5) is 0 Å². The van der Waals surface area contributed by atoms with Gasteiger partial charge in [0.05, 0.1) is 13.2 Å². The largest absolute Gasteiger partial charge is 0.383 e. The first-order valence-corrected chi connectivity index (χ1v) is 5.47. The number of nitrogens with one attached hydrogen (secondary N) is 1. The van der Waals surface area contributed by atoms with Crippen molar-refractivity contribution in [1.29, 1.82) is 0 Å². The molecule has 6 heteroatoms. The number of guanidine groups is 1. The van der Waals surface area contributed by atoms with Gasteiger partial charge in [-0.1, -0.05) is 0 Å². The predicted molar refractivity (Wildman–Crippen MR) is 67.3 cm³/mol. The smallest absolute Gasteiger partial charge is 0.208 e. The van der Waals surface area contributed by atoms with Crippen molar-refractivity contribution in [2.24, 2.45) is 10.8 Å². The summed E-state index contributed by atoms with van der Waals surface area (Å²) in [6, 6.07) is 0. The van der Waals surface area contributed by atoms with Crippen LogP contribution in [0.3, 0.4) is 0 Å². The van der Waals surface area contributed by atoms with Crippen LogP contribution >= 0.6 is 0 Å². The minimum Gasteiger partial charge on any atom is -0.383 e. The molecule has 0 amide bonds. The molecule has 6 nitrogen and oxygen atoms in total. The van der Waals surface area contributed by atoms with Crippen LogP contribution in [0.2, 0.25) is 0 Å². The zero-order valence-corrected chi connectivity index (χ0v) is 10.9. The Kier molecular flexibility index (Phi) is 8.88. The van der Waals surface area contributed by atoms with E-state index in [0.717, 1.165) is 19.5 Å². The molecule has 0 bridgehead atoms. The number of hydrogen-bond acceptors (Lipinski definition) is 4. The molecule has 0 heterocycles. The number of methoxy groups -OCH3 is 1. The molecule has 0 aliphatic rings. The Morgan fingerprint density at radius 3 is 2.50 bits per heavy atom. The van der Waals surface area contributed by atoms with E-state index in [4.69, 9.17) is 10.6 Å². The van der Waals surface area contributed by atoms with Gasteiger partial charge in [0.2, 0.25) is 5.96 Å². The molecule has 0 saturated heterocycles. The number of hydrazine groups is 1. The summed E-state index contributed by atoms with van der Waals surface area (Å²) in [5.41, 5.74) is 2.61. The molecule has 16 heavy (non-hydrogen) atoms. The second-order valence-corrected chi connectivity index (χ2v) is 3.92. The molecule has 0 aromatic rings. The fraction of sp³-hybridized carbons (Fsp3) is 0.900. The fourth-order valence-corrected chi connectivity index (χ4v) is 1.25. The van der Waals surface area contributed by atoms with Crippen molar-refractivity contribution in [3.8, 4) is 0 Å². The van der Waals surface area contributed by atoms with Gasteiger partial charge in [0, 0.05) is 20.7 Å². The minimum absolute atomic E-state index is 0.608. The molecule has 3 N–H and O–H groups in total. The average molecular weight is 231 g/mol. The Labute approximate surface area is 98.4 Å². The van der Waals surface area contributed by atoms with E-state index in [1.165, 1.54) is 0 Å². The number of rotatable bonds is 7. The molecular weight excluding hydrogens is 206 g/mol. The molecule has 96 valence electrons. The summed E-state index contributed by atoms with van der Waals surface area (Å²) in [6.45, 7) is 3.21. The van der Waals surface area contributed by atoms with Crippen LogP contribution in [0.25, 0.3) is 0 Å². The van der Waals surface area contributed by atoms with Crippen LogP contribution in [0.15, 0.2) is 4.99 Å². The summed E-state index contributed by atoms with van der Waals surface area (Å²) in [6.07, 6.45) is 1.08. The van der Waals surface area contributed by atoms with E-state index in [-0.39, 0.29) is 0 Å². The zero-order chi connectivity index (χ0) is 12.4. The molecule has 0 rings (SSSR count). The monoisotopic (exact) mass is 231 g/mol. The van der Waals surface area contributed by atoms with Crippen molar-refractivity contribution in [2.75, 3.05) is 54.5 Å². The van der Waals surface area contributed by atoms with E-state index in [1.807, 2.05) is 11.9 Å². The SMILES string of the molecule is COCCN=C(NN)N(C)CCCN(C)C. The van der Waals surface area contributed by atoms with Crippen LogP contribution in [0.1, 0.15) is 6.42 Å². The summed E-state index contributed by atoms with van der Waals surface area (Å²) in [5.74, 6) is 6.12. The van der Waals surface area contributed by atoms with Gasteiger partial charge in [0.15, 0.2) is 0 Å². The van der Waals surface area contributed by atoms with Crippen molar-refractivity contribution < 1.29 is 4.74 Å². The van der Waals surface area contributed by atoms with E-state index in [1.54, 1.807) is 7.11 Å². The quantitative estimate of drug-likeness (QED) is 0.200. The van der Waals surface area contributed by atoms with Crippen LogP contribution in [0, 0.1) is 0 Å². The fourth-order valence-electron chi connectivity index (χ4n) is 1.25. The van der Waals surface area contributed by atoms with Gasteiger partial charge in [0.25, 0.3) is 0 Å². The van der Waals surface area contributed by atoms with Crippen molar-refractivity contribution in [3.05, 3.63) is 0 Å². The molecule has 0 unspecified atom stereocenters. The highest BCUT2D eigenvalue weighted by molar-refractivity contribution is 5.79. The third-order valence-electron chi connectivity index (χ3n) is 2.15. The first-order chi connectivity index (χ1) is 7.61. The first-order valence-electron chi connectivity index (χ1n) is 5.47. The number of nitrogens with two attached hydrogens (primary N) is 1. The van der Waals surface area contributed by atoms with E-state index in [0.29, 0.717) is 19.1 Å². The van der Waals surface area contributed by atoms with Gasteiger partial charge in [-0.05, 0) is 27.1 Å². The zero-order valence-electron chi connectivity index (χ0n) is 10.9. The normalized spacial score (nSPS) is 12.0. The maximum absolute atomic E-state index is 5.41. The van der Waals surface area contributed by atoms with Gasteiger partial charge in [-0.3, -0.25) is 5.43 Å². The number of ether oxygens (including phenoxy) is 1. The molecule has 0 aliphatic carbocycles. The van der Waals surface area contributed by atoms with Crippen molar-refractivity contribution in [1.82, 2.24) is 15.2 Å². The molecule has 0 radical (unpaired) electrons. The van der Waals surface area contributed by atoms with Crippen LogP contribution in [-0.2, 0) is 4.74 Å². The molecule has 0 aliphatic heterocycles. The van der Waals surface area contributed by atoms with Gasteiger partial charge in [-0.25, -0.2) is 10.8 Å². The second kappa shape index (κ2) is 9.38. The Morgan fingerprint density at radius 2 is 2.00 bits per heavy atom. The van der Waals surface area contributed by atoms with E-state index < -0.39 is 0 Å². The molecule has 0 atom stereocenters. The van der Waals surface area contributed by atoms with E-state index >= 15 is 0 Å². The second-order valence-electron chi connectivity index (χ2n) is 3.92. The predicted octanol–water partition coefficient (Wildman–Crippen LogP) is -0.664. The molecule has 0 aromatic heterocycles. The van der Waals surface area contributed by atoms with Gasteiger partial charge in [0.1, 0.15) is 0 Å². The van der Waals surface area contributed by atoms with Gasteiger partial charge in [-0.15, -0.1) is 0 Å². The van der Waals surface area contributed by atoms with E-state index in [2.05, 4.69) is 29.4 Å². The topological polar surface area (TPSA) is 66.1 Å². The Bertz CT molecular complexity index is 196. The van der Waals surface area contributed by atoms with Crippen LogP contribution in [-0.4, -0.2) is 70.3 Å². The Morgan fingerprint density at radius 1 is 1.31 bits per heavy atom. The molecule has 0 spiro atoms. The lowest BCUT2D eigenvalue weighted by Crippen LogP contribution is -2.43. The number of nitrogens with zero attached hydrogens (tertiary/aromatic N) is 3. The molecule has 0 saturated carbocycles. The maximum atomic E-state index is 5.41. The first kappa shape index (κ1) is 15.2. The summed E-state index contributed by atoms with van der Waals surface area (Å²) >= 11 is 0. The lowest BCUT2D eigenvalue weighted by atomic mass is 10.4.